The zero-order valence-corrected chi connectivity index (χ0v) is 16.1. The van der Waals surface area contributed by atoms with Crippen LogP contribution >= 0.6 is 15.9 Å². The third-order valence-corrected chi connectivity index (χ3v) is 4.61. The van der Waals surface area contributed by atoms with Crippen LogP contribution in [0, 0.1) is 0 Å². The first-order valence-electron chi connectivity index (χ1n) is 7.66. The van der Waals surface area contributed by atoms with Crippen molar-refractivity contribution in [1.29, 1.82) is 0 Å². The monoisotopic (exact) mass is 439 g/mol. The number of primary sulfonamides is 1. The Labute approximate surface area is 160 Å². The lowest BCUT2D eigenvalue weighted by molar-refractivity contribution is -0.116. The van der Waals surface area contributed by atoms with Gasteiger partial charge in [0.2, 0.25) is 15.9 Å². The van der Waals surface area contributed by atoms with E-state index in [-0.39, 0.29) is 30.5 Å². The lowest BCUT2D eigenvalue weighted by Crippen LogP contribution is -2.27. The van der Waals surface area contributed by atoms with E-state index in [0.717, 1.165) is 4.47 Å². The van der Waals surface area contributed by atoms with E-state index in [2.05, 4.69) is 26.6 Å². The largest absolute Gasteiger partial charge is 0.352 e. The summed E-state index contributed by atoms with van der Waals surface area (Å²) >= 11 is 3.30. The number of nitrogens with two attached hydrogens (primary N) is 1. The Bertz CT molecular complexity index is 881. The molecule has 4 N–H and O–H groups in total. The Morgan fingerprint density at radius 1 is 1.00 bits per heavy atom. The number of hydrogen-bond acceptors (Lipinski definition) is 4. The molecule has 0 heterocycles. The van der Waals surface area contributed by atoms with Gasteiger partial charge in [-0.25, -0.2) is 13.6 Å². The van der Waals surface area contributed by atoms with Gasteiger partial charge >= 0.3 is 0 Å². The second-order valence-corrected chi connectivity index (χ2v) is 8.10. The number of halogens is 1. The second kappa shape index (κ2) is 8.93. The van der Waals surface area contributed by atoms with Gasteiger partial charge in [-0.3, -0.25) is 9.59 Å². The maximum atomic E-state index is 11.9. The van der Waals surface area contributed by atoms with Crippen molar-refractivity contribution in [3.8, 4) is 0 Å². The number of sulfonamides is 1. The highest BCUT2D eigenvalue weighted by Gasteiger charge is 2.08. The van der Waals surface area contributed by atoms with Crippen LogP contribution in [0.5, 0.6) is 0 Å². The number of anilines is 1. The number of carbonyl (C=O) groups is 2. The molecule has 26 heavy (non-hydrogen) atoms. The molecule has 0 aliphatic rings. The van der Waals surface area contributed by atoms with Crippen LogP contribution in [0.25, 0.3) is 0 Å². The maximum absolute atomic E-state index is 11.9. The van der Waals surface area contributed by atoms with Crippen LogP contribution < -0.4 is 15.8 Å². The third-order valence-electron chi connectivity index (χ3n) is 3.35. The van der Waals surface area contributed by atoms with Crippen LogP contribution in [0.4, 0.5) is 5.69 Å². The van der Waals surface area contributed by atoms with E-state index in [4.69, 9.17) is 5.14 Å². The van der Waals surface area contributed by atoms with Crippen molar-refractivity contribution < 1.29 is 18.0 Å². The molecule has 138 valence electrons. The van der Waals surface area contributed by atoms with Crippen molar-refractivity contribution in [3.05, 3.63) is 64.1 Å². The van der Waals surface area contributed by atoms with Crippen LogP contribution in [0.3, 0.4) is 0 Å². The van der Waals surface area contributed by atoms with E-state index < -0.39 is 10.0 Å². The summed E-state index contributed by atoms with van der Waals surface area (Å²) in [6.07, 6.45) is 0.112. The van der Waals surface area contributed by atoms with E-state index in [1.165, 1.54) is 0 Å². The molecule has 0 aromatic heterocycles. The number of benzene rings is 2. The highest BCUT2D eigenvalue weighted by molar-refractivity contribution is 9.10. The standard InChI is InChI=1S/C17H18BrN3O4S/c18-14-5-3-13(4-6-14)17(23)20-10-9-16(22)21-15-7-1-12(2-8-15)11-26(19,24)25/h1-8H,9-11H2,(H,20,23)(H,21,22)(H2,19,24,25). The summed E-state index contributed by atoms with van der Waals surface area (Å²) < 4.78 is 22.9. The average molecular weight is 440 g/mol. The van der Waals surface area contributed by atoms with Gasteiger partial charge in [-0.2, -0.15) is 0 Å². The third kappa shape index (κ3) is 6.95. The smallest absolute Gasteiger partial charge is 0.251 e. The molecule has 0 spiro atoms. The van der Waals surface area contributed by atoms with Crippen molar-refractivity contribution in [3.63, 3.8) is 0 Å². The van der Waals surface area contributed by atoms with E-state index in [0.29, 0.717) is 16.8 Å². The minimum Gasteiger partial charge on any atom is -0.352 e. The van der Waals surface area contributed by atoms with Crippen LogP contribution in [-0.2, 0) is 20.6 Å². The fraction of sp³-hybridized carbons (Fsp3) is 0.176. The Balaban J connectivity index is 1.78. The van der Waals surface area contributed by atoms with Gasteiger partial charge in [0.05, 0.1) is 5.75 Å². The van der Waals surface area contributed by atoms with Gasteiger partial charge in [0.15, 0.2) is 0 Å². The summed E-state index contributed by atoms with van der Waals surface area (Å²) in [6.45, 7) is 0.199. The van der Waals surface area contributed by atoms with E-state index in [1.54, 1.807) is 48.5 Å². The predicted octanol–water partition coefficient (Wildman–Crippen LogP) is 2.00. The molecule has 9 heteroatoms. The fourth-order valence-electron chi connectivity index (χ4n) is 2.13. The van der Waals surface area contributed by atoms with Gasteiger partial charge in [-0.15, -0.1) is 0 Å². The van der Waals surface area contributed by atoms with Gasteiger partial charge < -0.3 is 10.6 Å². The first-order valence-corrected chi connectivity index (χ1v) is 10.2. The molecule has 0 atom stereocenters. The van der Waals surface area contributed by atoms with Crippen LogP contribution in [0.2, 0.25) is 0 Å². The Morgan fingerprint density at radius 2 is 1.62 bits per heavy atom. The zero-order chi connectivity index (χ0) is 19.2. The number of carbonyl (C=O) groups excluding carboxylic acids is 2. The summed E-state index contributed by atoms with van der Waals surface area (Å²) in [5, 5.41) is 10.3. The summed E-state index contributed by atoms with van der Waals surface area (Å²) in [4.78, 5) is 23.8. The first kappa shape index (κ1) is 20.1. The molecule has 2 aromatic carbocycles. The molecular weight excluding hydrogens is 422 g/mol. The molecular formula is C17H18BrN3O4S. The molecule has 0 aliphatic carbocycles. The predicted molar refractivity (Wildman–Crippen MR) is 103 cm³/mol. The van der Waals surface area contributed by atoms with Gasteiger partial charge in [-0.1, -0.05) is 28.1 Å². The molecule has 0 unspecified atom stereocenters. The summed E-state index contributed by atoms with van der Waals surface area (Å²) in [5.74, 6) is -0.776. The SMILES string of the molecule is NS(=O)(=O)Cc1ccc(NC(=O)CCNC(=O)c2ccc(Br)cc2)cc1. The molecule has 2 amide bonds. The Hall–Kier alpha value is -2.23. The lowest BCUT2D eigenvalue weighted by Gasteiger charge is -2.08. The second-order valence-electron chi connectivity index (χ2n) is 5.57. The van der Waals surface area contributed by atoms with Gasteiger partial charge in [0.25, 0.3) is 5.91 Å². The molecule has 7 nitrogen and oxygen atoms in total. The summed E-state index contributed by atoms with van der Waals surface area (Å²) in [7, 11) is -3.59. The normalized spacial score (nSPS) is 11.0. The highest BCUT2D eigenvalue weighted by Crippen LogP contribution is 2.12. The van der Waals surface area contributed by atoms with Crippen molar-refractivity contribution in [2.24, 2.45) is 5.14 Å². The van der Waals surface area contributed by atoms with Crippen LogP contribution in [0.15, 0.2) is 53.0 Å². The Morgan fingerprint density at radius 3 is 2.19 bits per heavy atom. The summed E-state index contributed by atoms with van der Waals surface area (Å²) in [5.41, 5.74) is 1.58. The fourth-order valence-corrected chi connectivity index (χ4v) is 3.05. The van der Waals surface area contributed by atoms with E-state index >= 15 is 0 Å². The zero-order valence-electron chi connectivity index (χ0n) is 13.7. The van der Waals surface area contributed by atoms with Crippen molar-refractivity contribution in [2.45, 2.75) is 12.2 Å². The minimum absolute atomic E-state index is 0.112. The van der Waals surface area contributed by atoms with Crippen molar-refractivity contribution in [1.82, 2.24) is 5.32 Å². The maximum Gasteiger partial charge on any atom is 0.251 e. The molecule has 0 radical (unpaired) electrons. The molecule has 0 fully saturated rings. The molecule has 0 saturated heterocycles. The average Bonchev–Trinajstić information content (AvgIpc) is 2.56. The van der Waals surface area contributed by atoms with Gasteiger partial charge in [0, 0.05) is 28.7 Å². The number of hydrogen-bond donors (Lipinski definition) is 3. The van der Waals surface area contributed by atoms with Gasteiger partial charge in [-0.05, 0) is 42.0 Å². The molecule has 2 aromatic rings. The van der Waals surface area contributed by atoms with Crippen LogP contribution in [-0.4, -0.2) is 26.8 Å². The summed E-state index contributed by atoms with van der Waals surface area (Å²) in [6, 6.07) is 13.2. The van der Waals surface area contributed by atoms with Gasteiger partial charge in [0.1, 0.15) is 0 Å². The number of nitrogens with one attached hydrogen (secondary N) is 2. The number of amides is 2. The topological polar surface area (TPSA) is 118 Å². The molecule has 0 bridgehead atoms. The van der Waals surface area contributed by atoms with Crippen LogP contribution in [0.1, 0.15) is 22.3 Å². The van der Waals surface area contributed by atoms with E-state index in [9.17, 15) is 18.0 Å². The Kier molecular flexibility index (Phi) is 6.90. The minimum atomic E-state index is -3.59. The van der Waals surface area contributed by atoms with Crippen molar-refractivity contribution in [2.75, 3.05) is 11.9 Å². The first-order chi connectivity index (χ1) is 12.2. The van der Waals surface area contributed by atoms with E-state index in [1.807, 2.05) is 0 Å². The molecule has 0 saturated carbocycles. The van der Waals surface area contributed by atoms with Crippen molar-refractivity contribution >= 4 is 43.5 Å². The highest BCUT2D eigenvalue weighted by atomic mass is 79.9. The quantitative estimate of drug-likeness (QED) is 0.610. The lowest BCUT2D eigenvalue weighted by atomic mass is 10.2. The molecule has 2 rings (SSSR count). The number of rotatable bonds is 7. The molecule has 0 aliphatic heterocycles.